The SMILES string of the molecule is NCC#Cc1cc(Cl)c(S(=O)(=O)NC2CCCC2)c(Cl)c1. The van der Waals surface area contributed by atoms with Crippen LogP contribution in [0.2, 0.25) is 10.0 Å². The Morgan fingerprint density at radius 3 is 2.33 bits per heavy atom. The van der Waals surface area contributed by atoms with E-state index in [4.69, 9.17) is 28.9 Å². The molecular formula is C14H16Cl2N2O2S. The summed E-state index contributed by atoms with van der Waals surface area (Å²) in [5.41, 5.74) is 5.83. The van der Waals surface area contributed by atoms with Gasteiger partial charge in [0.15, 0.2) is 0 Å². The van der Waals surface area contributed by atoms with E-state index in [2.05, 4.69) is 16.6 Å². The molecule has 2 rings (SSSR count). The maximum Gasteiger partial charge on any atom is 0.243 e. The van der Waals surface area contributed by atoms with E-state index in [-0.39, 0.29) is 27.5 Å². The van der Waals surface area contributed by atoms with Crippen molar-refractivity contribution in [3.8, 4) is 11.8 Å². The second-order valence-electron chi connectivity index (χ2n) is 4.88. The highest BCUT2D eigenvalue weighted by atomic mass is 35.5. The highest BCUT2D eigenvalue weighted by molar-refractivity contribution is 7.89. The third-order valence-corrected chi connectivity index (χ3v) is 5.72. The van der Waals surface area contributed by atoms with Gasteiger partial charge in [-0.05, 0) is 25.0 Å². The Balaban J connectivity index is 2.34. The molecule has 0 radical (unpaired) electrons. The van der Waals surface area contributed by atoms with Crippen molar-refractivity contribution in [1.82, 2.24) is 4.72 Å². The number of hydrogen-bond acceptors (Lipinski definition) is 3. The Morgan fingerprint density at radius 1 is 1.24 bits per heavy atom. The van der Waals surface area contributed by atoms with Crippen molar-refractivity contribution >= 4 is 33.2 Å². The summed E-state index contributed by atoms with van der Waals surface area (Å²) >= 11 is 12.2. The van der Waals surface area contributed by atoms with Gasteiger partial charge in [0.1, 0.15) is 4.90 Å². The second-order valence-corrected chi connectivity index (χ2v) is 7.34. The van der Waals surface area contributed by atoms with Crippen LogP contribution in [0.3, 0.4) is 0 Å². The maximum atomic E-state index is 12.4. The van der Waals surface area contributed by atoms with Gasteiger partial charge in [-0.1, -0.05) is 47.9 Å². The Labute approximate surface area is 135 Å². The summed E-state index contributed by atoms with van der Waals surface area (Å²) in [6.45, 7) is 0.207. The van der Waals surface area contributed by atoms with E-state index in [0.29, 0.717) is 5.56 Å². The van der Waals surface area contributed by atoms with Gasteiger partial charge in [0, 0.05) is 11.6 Å². The number of rotatable bonds is 3. The number of nitrogens with one attached hydrogen (secondary N) is 1. The first-order chi connectivity index (χ1) is 9.94. The van der Waals surface area contributed by atoms with Crippen LogP contribution in [0.4, 0.5) is 0 Å². The monoisotopic (exact) mass is 346 g/mol. The molecule has 1 aromatic carbocycles. The van der Waals surface area contributed by atoms with Crippen molar-refractivity contribution < 1.29 is 8.42 Å². The first-order valence-corrected chi connectivity index (χ1v) is 8.88. The van der Waals surface area contributed by atoms with E-state index in [1.54, 1.807) is 0 Å². The molecule has 3 N–H and O–H groups in total. The maximum absolute atomic E-state index is 12.4. The summed E-state index contributed by atoms with van der Waals surface area (Å²) in [7, 11) is -3.73. The molecule has 0 amide bonds. The van der Waals surface area contributed by atoms with Gasteiger partial charge in [0.25, 0.3) is 0 Å². The van der Waals surface area contributed by atoms with E-state index >= 15 is 0 Å². The predicted octanol–water partition coefficient (Wildman–Crippen LogP) is 2.52. The van der Waals surface area contributed by atoms with Crippen LogP contribution < -0.4 is 10.5 Å². The minimum Gasteiger partial charge on any atom is -0.320 e. The van der Waals surface area contributed by atoms with Crippen molar-refractivity contribution in [2.75, 3.05) is 6.54 Å². The lowest BCUT2D eigenvalue weighted by atomic mass is 10.2. The molecule has 0 atom stereocenters. The second kappa shape index (κ2) is 6.99. The standard InChI is InChI=1S/C14H16Cl2N2O2S/c15-12-8-10(4-3-7-17)9-13(16)14(12)21(19,20)18-11-5-1-2-6-11/h8-9,11,18H,1-2,5-7,17H2. The quantitative estimate of drug-likeness (QED) is 0.826. The van der Waals surface area contributed by atoms with Gasteiger partial charge in [-0.2, -0.15) is 0 Å². The molecule has 114 valence electrons. The molecule has 1 fully saturated rings. The lowest BCUT2D eigenvalue weighted by Crippen LogP contribution is -2.33. The van der Waals surface area contributed by atoms with Crippen LogP contribution in [0.25, 0.3) is 0 Å². The highest BCUT2D eigenvalue weighted by Crippen LogP contribution is 2.31. The molecule has 1 aromatic rings. The zero-order valence-electron chi connectivity index (χ0n) is 11.3. The third kappa shape index (κ3) is 4.12. The molecule has 0 spiro atoms. The van der Waals surface area contributed by atoms with Gasteiger partial charge in [-0.25, -0.2) is 13.1 Å². The smallest absolute Gasteiger partial charge is 0.243 e. The summed E-state index contributed by atoms with van der Waals surface area (Å²) in [4.78, 5) is -0.0870. The van der Waals surface area contributed by atoms with Crippen LogP contribution in [0.5, 0.6) is 0 Å². The normalized spacial score (nSPS) is 15.8. The Morgan fingerprint density at radius 2 is 1.81 bits per heavy atom. The predicted molar refractivity (Wildman–Crippen MR) is 85.0 cm³/mol. The van der Waals surface area contributed by atoms with E-state index < -0.39 is 10.0 Å². The van der Waals surface area contributed by atoms with Crippen molar-refractivity contribution in [3.05, 3.63) is 27.7 Å². The fraction of sp³-hybridized carbons (Fsp3) is 0.429. The molecule has 1 saturated carbocycles. The topological polar surface area (TPSA) is 72.2 Å². The van der Waals surface area contributed by atoms with E-state index in [1.165, 1.54) is 12.1 Å². The van der Waals surface area contributed by atoms with Crippen LogP contribution in [-0.2, 0) is 10.0 Å². The largest absolute Gasteiger partial charge is 0.320 e. The zero-order chi connectivity index (χ0) is 15.5. The van der Waals surface area contributed by atoms with Crippen LogP contribution in [0.1, 0.15) is 31.2 Å². The molecule has 1 aliphatic rings. The van der Waals surface area contributed by atoms with Gasteiger partial charge in [0.2, 0.25) is 10.0 Å². The first kappa shape index (κ1) is 16.6. The Hall–Kier alpha value is -0.770. The first-order valence-electron chi connectivity index (χ1n) is 6.64. The molecule has 0 unspecified atom stereocenters. The molecular weight excluding hydrogens is 331 g/mol. The molecule has 7 heteroatoms. The minimum atomic E-state index is -3.73. The lowest BCUT2D eigenvalue weighted by Gasteiger charge is -2.14. The third-order valence-electron chi connectivity index (χ3n) is 3.28. The summed E-state index contributed by atoms with van der Waals surface area (Å²) < 4.78 is 27.5. The fourth-order valence-corrected chi connectivity index (χ4v) is 4.88. The number of sulfonamides is 1. The Bertz CT molecular complexity index is 664. The van der Waals surface area contributed by atoms with Crippen molar-refractivity contribution in [1.29, 1.82) is 0 Å². The number of benzene rings is 1. The van der Waals surface area contributed by atoms with Crippen LogP contribution in [0, 0.1) is 11.8 Å². The lowest BCUT2D eigenvalue weighted by molar-refractivity contribution is 0.552. The summed E-state index contributed by atoms with van der Waals surface area (Å²) in [5, 5.41) is 0.128. The summed E-state index contributed by atoms with van der Waals surface area (Å²) in [6.07, 6.45) is 3.74. The number of hydrogen-bond donors (Lipinski definition) is 2. The zero-order valence-corrected chi connectivity index (χ0v) is 13.7. The van der Waals surface area contributed by atoms with E-state index in [0.717, 1.165) is 25.7 Å². The molecule has 21 heavy (non-hydrogen) atoms. The van der Waals surface area contributed by atoms with Gasteiger partial charge in [-0.15, -0.1) is 0 Å². The fourth-order valence-electron chi connectivity index (χ4n) is 2.36. The van der Waals surface area contributed by atoms with Gasteiger partial charge < -0.3 is 5.73 Å². The van der Waals surface area contributed by atoms with Crippen molar-refractivity contribution in [2.45, 2.75) is 36.6 Å². The van der Waals surface area contributed by atoms with E-state index in [1.807, 2.05) is 0 Å². The average molecular weight is 347 g/mol. The van der Waals surface area contributed by atoms with Gasteiger partial charge in [0.05, 0.1) is 16.6 Å². The van der Waals surface area contributed by atoms with Crippen LogP contribution in [0.15, 0.2) is 17.0 Å². The van der Waals surface area contributed by atoms with Gasteiger partial charge >= 0.3 is 0 Å². The number of halogens is 2. The molecule has 4 nitrogen and oxygen atoms in total. The molecule has 0 bridgehead atoms. The minimum absolute atomic E-state index is 0.0427. The number of nitrogens with two attached hydrogens (primary N) is 1. The van der Waals surface area contributed by atoms with Crippen molar-refractivity contribution in [2.24, 2.45) is 5.73 Å². The molecule has 0 aliphatic heterocycles. The van der Waals surface area contributed by atoms with Crippen LogP contribution >= 0.6 is 23.2 Å². The molecule has 1 aliphatic carbocycles. The van der Waals surface area contributed by atoms with E-state index in [9.17, 15) is 8.42 Å². The average Bonchev–Trinajstić information content (AvgIpc) is 2.87. The summed E-state index contributed by atoms with van der Waals surface area (Å²) in [6, 6.07) is 2.93. The highest BCUT2D eigenvalue weighted by Gasteiger charge is 2.27. The Kier molecular flexibility index (Phi) is 5.53. The molecule has 0 heterocycles. The van der Waals surface area contributed by atoms with Crippen molar-refractivity contribution in [3.63, 3.8) is 0 Å². The van der Waals surface area contributed by atoms with Gasteiger partial charge in [-0.3, -0.25) is 0 Å². The molecule has 0 aromatic heterocycles. The van der Waals surface area contributed by atoms with Crippen LogP contribution in [-0.4, -0.2) is 21.0 Å². The summed E-state index contributed by atoms with van der Waals surface area (Å²) in [5.74, 6) is 5.45. The molecule has 0 saturated heterocycles.